The lowest BCUT2D eigenvalue weighted by Gasteiger charge is -2.25. The molecule has 1 fully saturated rings. The van der Waals surface area contributed by atoms with Crippen LogP contribution in [0.5, 0.6) is 0 Å². The van der Waals surface area contributed by atoms with Gasteiger partial charge in [-0.2, -0.15) is 0 Å². The fraction of sp³-hybridized carbons (Fsp3) is 0.222. The summed E-state index contributed by atoms with van der Waals surface area (Å²) in [5, 5.41) is 0. The SMILES string of the molecule is O=C1CSCC(=O)N1c1ccncc1Br. The molecule has 0 atom stereocenters. The highest BCUT2D eigenvalue weighted by atomic mass is 79.9. The Balaban J connectivity index is 2.40. The maximum Gasteiger partial charge on any atom is 0.243 e. The van der Waals surface area contributed by atoms with Crippen LogP contribution < -0.4 is 4.90 Å². The third kappa shape index (κ3) is 2.05. The Morgan fingerprint density at radius 1 is 1.33 bits per heavy atom. The predicted molar refractivity (Wildman–Crippen MR) is 61.8 cm³/mol. The number of carbonyl (C=O) groups excluding carboxylic acids is 2. The number of pyridine rings is 1. The fourth-order valence-corrected chi connectivity index (χ4v) is 2.45. The Bertz CT molecular complexity index is 408. The van der Waals surface area contributed by atoms with Crippen molar-refractivity contribution in [3.05, 3.63) is 22.9 Å². The second kappa shape index (κ2) is 4.32. The molecule has 2 heterocycles. The Hall–Kier alpha value is -0.880. The number of amides is 2. The van der Waals surface area contributed by atoms with Crippen molar-refractivity contribution >= 4 is 45.2 Å². The summed E-state index contributed by atoms with van der Waals surface area (Å²) in [4.78, 5) is 28.3. The number of hydrogen-bond acceptors (Lipinski definition) is 4. The van der Waals surface area contributed by atoms with Gasteiger partial charge in [0.05, 0.1) is 21.7 Å². The molecule has 2 amide bonds. The number of thioether (sulfide) groups is 1. The van der Waals surface area contributed by atoms with Gasteiger partial charge in [0.15, 0.2) is 0 Å². The van der Waals surface area contributed by atoms with Gasteiger partial charge in [0.1, 0.15) is 0 Å². The summed E-state index contributed by atoms with van der Waals surface area (Å²) in [6, 6.07) is 1.65. The molecule has 1 saturated heterocycles. The van der Waals surface area contributed by atoms with E-state index in [9.17, 15) is 9.59 Å². The van der Waals surface area contributed by atoms with Gasteiger partial charge in [-0.1, -0.05) is 0 Å². The highest BCUT2D eigenvalue weighted by Gasteiger charge is 2.28. The van der Waals surface area contributed by atoms with E-state index in [1.807, 2.05) is 0 Å². The normalized spacial score (nSPS) is 17.0. The summed E-state index contributed by atoms with van der Waals surface area (Å²) >= 11 is 4.62. The van der Waals surface area contributed by atoms with Crippen LogP contribution in [0.25, 0.3) is 0 Å². The van der Waals surface area contributed by atoms with E-state index < -0.39 is 0 Å². The van der Waals surface area contributed by atoms with Crippen LogP contribution in [0.2, 0.25) is 0 Å². The summed E-state index contributed by atoms with van der Waals surface area (Å²) in [6.07, 6.45) is 3.13. The zero-order valence-electron chi connectivity index (χ0n) is 7.64. The van der Waals surface area contributed by atoms with Crippen molar-refractivity contribution in [2.75, 3.05) is 16.4 Å². The molecule has 0 aromatic carbocycles. The second-order valence-electron chi connectivity index (χ2n) is 2.94. The third-order valence-electron chi connectivity index (χ3n) is 1.94. The highest BCUT2D eigenvalue weighted by molar-refractivity contribution is 9.10. The average Bonchev–Trinajstić information content (AvgIpc) is 2.20. The van der Waals surface area contributed by atoms with Crippen molar-refractivity contribution in [2.45, 2.75) is 0 Å². The zero-order valence-corrected chi connectivity index (χ0v) is 10.0. The van der Waals surface area contributed by atoms with Crippen LogP contribution in [0.1, 0.15) is 0 Å². The van der Waals surface area contributed by atoms with Crippen LogP contribution in [0.3, 0.4) is 0 Å². The van der Waals surface area contributed by atoms with Crippen LogP contribution in [-0.2, 0) is 9.59 Å². The van der Waals surface area contributed by atoms with Crippen molar-refractivity contribution in [1.82, 2.24) is 4.98 Å². The van der Waals surface area contributed by atoms with Gasteiger partial charge in [-0.15, -0.1) is 11.8 Å². The Morgan fingerprint density at radius 3 is 2.60 bits per heavy atom. The average molecular weight is 287 g/mol. The van der Waals surface area contributed by atoms with Crippen molar-refractivity contribution in [1.29, 1.82) is 0 Å². The zero-order chi connectivity index (χ0) is 10.8. The second-order valence-corrected chi connectivity index (χ2v) is 4.78. The van der Waals surface area contributed by atoms with Gasteiger partial charge in [-0.25, -0.2) is 4.90 Å². The molecular weight excluding hydrogens is 280 g/mol. The molecule has 0 N–H and O–H groups in total. The topological polar surface area (TPSA) is 50.3 Å². The maximum atomic E-state index is 11.6. The highest BCUT2D eigenvalue weighted by Crippen LogP contribution is 2.28. The number of hydrogen-bond donors (Lipinski definition) is 0. The molecule has 0 unspecified atom stereocenters. The number of carbonyl (C=O) groups is 2. The lowest BCUT2D eigenvalue weighted by Crippen LogP contribution is -2.43. The molecule has 1 aromatic heterocycles. The molecule has 0 saturated carbocycles. The molecule has 1 aliphatic heterocycles. The molecule has 1 aromatic rings. The minimum Gasteiger partial charge on any atom is -0.273 e. The summed E-state index contributed by atoms with van der Waals surface area (Å²) in [5.74, 6) is 0.340. The molecular formula is C9H7BrN2O2S. The molecule has 2 rings (SSSR count). The van der Waals surface area contributed by atoms with E-state index in [4.69, 9.17) is 0 Å². The summed E-state index contributed by atoms with van der Waals surface area (Å²) in [7, 11) is 0. The van der Waals surface area contributed by atoms with Crippen molar-refractivity contribution in [2.24, 2.45) is 0 Å². The van der Waals surface area contributed by atoms with Crippen LogP contribution >= 0.6 is 27.7 Å². The van der Waals surface area contributed by atoms with Gasteiger partial charge < -0.3 is 0 Å². The van der Waals surface area contributed by atoms with E-state index in [2.05, 4.69) is 20.9 Å². The standard InChI is InChI=1S/C9H7BrN2O2S/c10-6-3-11-2-1-7(6)12-8(13)4-15-5-9(12)14/h1-3H,4-5H2. The van der Waals surface area contributed by atoms with E-state index >= 15 is 0 Å². The first kappa shape index (κ1) is 10.6. The van der Waals surface area contributed by atoms with Crippen molar-refractivity contribution in [3.63, 3.8) is 0 Å². The van der Waals surface area contributed by atoms with E-state index in [0.29, 0.717) is 21.7 Å². The minimum absolute atomic E-state index is 0.178. The molecule has 0 radical (unpaired) electrons. The molecule has 0 bridgehead atoms. The first-order chi connectivity index (χ1) is 7.20. The summed E-state index contributed by atoms with van der Waals surface area (Å²) < 4.78 is 0.651. The molecule has 4 nitrogen and oxygen atoms in total. The van der Waals surface area contributed by atoms with Crippen LogP contribution in [0.15, 0.2) is 22.9 Å². The molecule has 6 heteroatoms. The number of aromatic nitrogens is 1. The molecule has 1 aliphatic rings. The van der Waals surface area contributed by atoms with Gasteiger partial charge >= 0.3 is 0 Å². The van der Waals surface area contributed by atoms with Gasteiger partial charge in [0, 0.05) is 12.4 Å². The van der Waals surface area contributed by atoms with Crippen molar-refractivity contribution < 1.29 is 9.59 Å². The lowest BCUT2D eigenvalue weighted by atomic mass is 10.3. The van der Waals surface area contributed by atoms with Gasteiger partial charge in [-0.3, -0.25) is 14.6 Å². The largest absolute Gasteiger partial charge is 0.273 e. The van der Waals surface area contributed by atoms with Crippen LogP contribution in [-0.4, -0.2) is 28.3 Å². The Morgan fingerprint density at radius 2 is 2.00 bits per heavy atom. The fourth-order valence-electron chi connectivity index (χ4n) is 1.31. The van der Waals surface area contributed by atoms with Gasteiger partial charge in [0.2, 0.25) is 11.8 Å². The lowest BCUT2D eigenvalue weighted by molar-refractivity contribution is -0.124. The number of halogens is 1. The van der Waals surface area contributed by atoms with Crippen LogP contribution in [0, 0.1) is 0 Å². The Labute approximate surface area is 99.2 Å². The number of rotatable bonds is 1. The quantitative estimate of drug-likeness (QED) is 0.734. The predicted octanol–water partition coefficient (Wildman–Crippen LogP) is 1.45. The number of anilines is 1. The molecule has 15 heavy (non-hydrogen) atoms. The summed E-state index contributed by atoms with van der Waals surface area (Å²) in [5.41, 5.74) is 0.570. The summed E-state index contributed by atoms with van der Waals surface area (Å²) in [6.45, 7) is 0. The smallest absolute Gasteiger partial charge is 0.243 e. The van der Waals surface area contributed by atoms with Gasteiger partial charge in [-0.05, 0) is 22.0 Å². The van der Waals surface area contributed by atoms with E-state index in [1.165, 1.54) is 16.7 Å². The van der Waals surface area contributed by atoms with E-state index in [0.717, 1.165) is 0 Å². The maximum absolute atomic E-state index is 11.6. The molecule has 0 spiro atoms. The first-order valence-electron chi connectivity index (χ1n) is 4.23. The van der Waals surface area contributed by atoms with E-state index in [-0.39, 0.29) is 11.8 Å². The monoisotopic (exact) mass is 286 g/mol. The van der Waals surface area contributed by atoms with Gasteiger partial charge in [0.25, 0.3) is 0 Å². The first-order valence-corrected chi connectivity index (χ1v) is 6.18. The minimum atomic E-state index is -0.178. The number of imide groups is 1. The third-order valence-corrected chi connectivity index (χ3v) is 3.45. The van der Waals surface area contributed by atoms with E-state index in [1.54, 1.807) is 18.5 Å². The van der Waals surface area contributed by atoms with Crippen molar-refractivity contribution in [3.8, 4) is 0 Å². The Kier molecular flexibility index (Phi) is 3.06. The molecule has 0 aliphatic carbocycles. The van der Waals surface area contributed by atoms with Crippen LogP contribution in [0.4, 0.5) is 5.69 Å². The number of nitrogens with zero attached hydrogens (tertiary/aromatic N) is 2. The molecule has 78 valence electrons.